The van der Waals surface area contributed by atoms with Crippen LogP contribution in [0.25, 0.3) is 93.8 Å². The molecule has 3 heterocycles. The number of furan rings is 1. The molecule has 0 amide bonds. The molecule has 0 aliphatic carbocycles. The molecule has 1 aliphatic heterocycles. The first-order chi connectivity index (χ1) is 25.3. The molecule has 0 spiro atoms. The summed E-state index contributed by atoms with van der Waals surface area (Å²) in [5, 5.41) is 7.16. The van der Waals surface area contributed by atoms with Gasteiger partial charge in [0.2, 0.25) is 0 Å². The average molecular weight is 654 g/mol. The molecule has 0 N–H and O–H groups in total. The lowest BCUT2D eigenvalue weighted by Crippen LogP contribution is -2.23. The molecule has 0 unspecified atom stereocenters. The van der Waals surface area contributed by atoms with Gasteiger partial charge >= 0.3 is 0 Å². The van der Waals surface area contributed by atoms with E-state index >= 15 is 0 Å². The smallest absolute Gasteiger partial charge is 0.145 e. The van der Waals surface area contributed by atoms with E-state index in [0.29, 0.717) is 0 Å². The predicted octanol–water partition coefficient (Wildman–Crippen LogP) is 12.7. The van der Waals surface area contributed by atoms with Crippen LogP contribution in [0.2, 0.25) is 0 Å². The third-order valence-corrected chi connectivity index (χ3v) is 10.7. The predicted molar refractivity (Wildman–Crippen MR) is 212 cm³/mol. The van der Waals surface area contributed by atoms with Crippen LogP contribution in [0, 0.1) is 0 Å². The third kappa shape index (κ3) is 3.93. The van der Waals surface area contributed by atoms with Crippen molar-refractivity contribution in [3.63, 3.8) is 0 Å². The monoisotopic (exact) mass is 653 g/mol. The zero-order valence-corrected chi connectivity index (χ0v) is 28.0. The Hall–Kier alpha value is -6.65. The number of para-hydroxylation sites is 3. The van der Waals surface area contributed by atoms with Crippen LogP contribution in [0.15, 0.2) is 162 Å². The highest BCUT2D eigenvalue weighted by Gasteiger charge is 2.31. The second kappa shape index (κ2) is 10.7. The maximum Gasteiger partial charge on any atom is 0.145 e. The summed E-state index contributed by atoms with van der Waals surface area (Å²) < 4.78 is 8.77. The van der Waals surface area contributed by atoms with Gasteiger partial charge in [0, 0.05) is 28.4 Å². The van der Waals surface area contributed by atoms with Crippen molar-refractivity contribution in [3.05, 3.63) is 158 Å². The first-order valence-electron chi connectivity index (χ1n) is 17.6. The summed E-state index contributed by atoms with van der Waals surface area (Å²) in [4.78, 5) is 7.72. The fourth-order valence-corrected chi connectivity index (χ4v) is 8.60. The summed E-state index contributed by atoms with van der Waals surface area (Å²) in [6.45, 7) is 3.07. The SMILES string of the molecule is CCN1c2c(-c3c4ccccc4c(-c4ccc5c(c4)oc4ccccc45)c4ccccc34)cccc2-n2c(-c3ccccc3)nc3cccc1c32. The summed E-state index contributed by atoms with van der Waals surface area (Å²) in [7, 11) is 0. The van der Waals surface area contributed by atoms with Gasteiger partial charge in [-0.3, -0.25) is 4.57 Å². The number of nitrogens with zero attached hydrogens (tertiary/aromatic N) is 3. The summed E-state index contributed by atoms with van der Waals surface area (Å²) in [6.07, 6.45) is 0. The van der Waals surface area contributed by atoms with E-state index in [0.717, 1.165) is 62.2 Å². The summed E-state index contributed by atoms with van der Waals surface area (Å²) >= 11 is 0. The van der Waals surface area contributed by atoms with E-state index in [-0.39, 0.29) is 0 Å². The second-order valence-electron chi connectivity index (χ2n) is 13.3. The standard InChI is InChI=1S/C47H31N3O/c1-2-49-39-23-13-22-38-46(39)50(47(48-38)29-14-4-3-5-15-29)40-24-12-21-37(45(40)49)44-35-19-8-6-17-33(35)43(34-18-7-9-20-36(34)44)30-26-27-32-31-16-10-11-25-41(31)51-42(32)28-30/h3-28H,2H2,1H3. The molecule has 11 rings (SSSR count). The molecule has 0 radical (unpaired) electrons. The summed E-state index contributed by atoms with van der Waals surface area (Å²) in [5.74, 6) is 0.957. The Morgan fingerprint density at radius 3 is 1.88 bits per heavy atom. The van der Waals surface area contributed by atoms with E-state index in [1.165, 1.54) is 49.6 Å². The van der Waals surface area contributed by atoms with Crippen LogP contribution in [0.1, 0.15) is 6.92 Å². The van der Waals surface area contributed by atoms with Gasteiger partial charge in [0.25, 0.3) is 0 Å². The minimum absolute atomic E-state index is 0.820. The Bertz CT molecular complexity index is 2970. The van der Waals surface area contributed by atoms with E-state index in [2.05, 4.69) is 162 Å². The van der Waals surface area contributed by atoms with Gasteiger partial charge in [0.1, 0.15) is 17.0 Å². The zero-order chi connectivity index (χ0) is 33.6. The number of rotatable bonds is 4. The summed E-state index contributed by atoms with van der Waals surface area (Å²) in [5.41, 5.74) is 13.4. The van der Waals surface area contributed by atoms with Gasteiger partial charge in [-0.15, -0.1) is 0 Å². The fraction of sp³-hybridized carbons (Fsp3) is 0.0426. The number of fused-ring (bicyclic) bond motifs is 7. The van der Waals surface area contributed by atoms with Crippen molar-refractivity contribution in [2.75, 3.05) is 11.4 Å². The van der Waals surface area contributed by atoms with Gasteiger partial charge in [-0.1, -0.05) is 121 Å². The number of hydrogen-bond acceptors (Lipinski definition) is 3. The molecular formula is C47H31N3O. The third-order valence-electron chi connectivity index (χ3n) is 10.7. The normalized spacial score (nSPS) is 12.5. The van der Waals surface area contributed by atoms with Crippen LogP contribution in [-0.2, 0) is 0 Å². The Kier molecular flexibility index (Phi) is 5.90. The van der Waals surface area contributed by atoms with E-state index < -0.39 is 0 Å². The summed E-state index contributed by atoms with van der Waals surface area (Å²) in [6, 6.07) is 56.6. The maximum atomic E-state index is 6.39. The lowest BCUT2D eigenvalue weighted by Gasteiger charge is -2.34. The zero-order valence-electron chi connectivity index (χ0n) is 28.0. The lowest BCUT2D eigenvalue weighted by molar-refractivity contribution is 0.669. The molecule has 2 aromatic heterocycles. The molecule has 240 valence electrons. The van der Waals surface area contributed by atoms with E-state index in [9.17, 15) is 0 Å². The maximum absolute atomic E-state index is 6.39. The molecule has 4 heteroatoms. The number of imidazole rings is 1. The molecule has 1 aliphatic rings. The van der Waals surface area contributed by atoms with Gasteiger partial charge < -0.3 is 9.32 Å². The van der Waals surface area contributed by atoms with Crippen LogP contribution in [0.5, 0.6) is 0 Å². The number of anilines is 2. The molecule has 4 nitrogen and oxygen atoms in total. The van der Waals surface area contributed by atoms with Gasteiger partial charge in [0.05, 0.1) is 28.1 Å². The Morgan fingerprint density at radius 2 is 1.14 bits per heavy atom. The van der Waals surface area contributed by atoms with E-state index in [1.807, 2.05) is 12.1 Å². The van der Waals surface area contributed by atoms with Crippen molar-refractivity contribution < 1.29 is 4.42 Å². The molecular weight excluding hydrogens is 623 g/mol. The Morgan fingerprint density at radius 1 is 0.510 bits per heavy atom. The van der Waals surface area contributed by atoms with Crippen LogP contribution in [0.3, 0.4) is 0 Å². The van der Waals surface area contributed by atoms with Crippen molar-refractivity contribution >= 4 is 65.9 Å². The molecule has 51 heavy (non-hydrogen) atoms. The largest absolute Gasteiger partial charge is 0.456 e. The van der Waals surface area contributed by atoms with Crippen molar-refractivity contribution in [1.82, 2.24) is 9.55 Å². The van der Waals surface area contributed by atoms with Crippen LogP contribution < -0.4 is 4.90 Å². The molecule has 0 atom stereocenters. The number of benzene rings is 8. The van der Waals surface area contributed by atoms with Crippen LogP contribution >= 0.6 is 0 Å². The fourth-order valence-electron chi connectivity index (χ4n) is 8.60. The molecule has 0 fully saturated rings. The topological polar surface area (TPSA) is 34.2 Å². The highest BCUT2D eigenvalue weighted by atomic mass is 16.3. The minimum Gasteiger partial charge on any atom is -0.456 e. The highest BCUT2D eigenvalue weighted by molar-refractivity contribution is 6.23. The minimum atomic E-state index is 0.820. The second-order valence-corrected chi connectivity index (χ2v) is 13.3. The Balaban J connectivity index is 1.23. The van der Waals surface area contributed by atoms with Gasteiger partial charge in [-0.05, 0) is 81.6 Å². The average Bonchev–Trinajstić information content (AvgIpc) is 3.77. The van der Waals surface area contributed by atoms with E-state index in [4.69, 9.17) is 9.40 Å². The van der Waals surface area contributed by atoms with Crippen molar-refractivity contribution in [2.45, 2.75) is 6.92 Å². The molecule has 0 saturated heterocycles. The molecule has 0 bridgehead atoms. The van der Waals surface area contributed by atoms with Crippen molar-refractivity contribution in [3.8, 4) is 39.3 Å². The van der Waals surface area contributed by atoms with Gasteiger partial charge in [-0.2, -0.15) is 0 Å². The number of hydrogen-bond donors (Lipinski definition) is 0. The number of aromatic nitrogens is 2. The van der Waals surface area contributed by atoms with Crippen molar-refractivity contribution in [2.24, 2.45) is 0 Å². The first-order valence-corrected chi connectivity index (χ1v) is 17.6. The highest BCUT2D eigenvalue weighted by Crippen LogP contribution is 2.52. The van der Waals surface area contributed by atoms with Crippen LogP contribution in [0.4, 0.5) is 11.4 Å². The van der Waals surface area contributed by atoms with Crippen LogP contribution in [-0.4, -0.2) is 16.1 Å². The lowest BCUT2D eigenvalue weighted by atomic mass is 9.85. The molecule has 10 aromatic rings. The quantitative estimate of drug-likeness (QED) is 0.177. The van der Waals surface area contributed by atoms with Crippen molar-refractivity contribution in [1.29, 1.82) is 0 Å². The van der Waals surface area contributed by atoms with Gasteiger partial charge in [0.15, 0.2) is 0 Å². The molecule has 8 aromatic carbocycles. The molecule has 0 saturated carbocycles. The first kappa shape index (κ1) is 28.2. The van der Waals surface area contributed by atoms with E-state index in [1.54, 1.807) is 0 Å². The Labute approximate surface area is 294 Å². The van der Waals surface area contributed by atoms with Gasteiger partial charge in [-0.25, -0.2) is 4.98 Å².